The summed E-state index contributed by atoms with van der Waals surface area (Å²) in [4.78, 5) is 11.4. The first-order valence-corrected chi connectivity index (χ1v) is 6.66. The fraction of sp³-hybridized carbons (Fsp3) is 0.923. The van der Waals surface area contributed by atoms with Gasteiger partial charge in [-0.25, -0.2) is 0 Å². The Morgan fingerprint density at radius 2 is 2.24 bits per heavy atom. The second kappa shape index (κ2) is 8.48. The Kier molecular flexibility index (Phi) is 7.21. The zero-order valence-corrected chi connectivity index (χ0v) is 11.0. The van der Waals surface area contributed by atoms with Crippen LogP contribution in [0.4, 0.5) is 0 Å². The number of esters is 1. The molecule has 0 radical (unpaired) electrons. The molecule has 1 atom stereocenters. The summed E-state index contributed by atoms with van der Waals surface area (Å²) in [5, 5.41) is 3.14. The van der Waals surface area contributed by atoms with Crippen LogP contribution in [0.3, 0.4) is 0 Å². The molecule has 0 bridgehead atoms. The number of rotatable bonds is 9. The van der Waals surface area contributed by atoms with E-state index >= 15 is 0 Å². The maximum absolute atomic E-state index is 11.4. The third kappa shape index (κ3) is 5.50. The summed E-state index contributed by atoms with van der Waals surface area (Å²) in [5.74, 6) is 0.622. The fourth-order valence-corrected chi connectivity index (χ4v) is 1.90. The molecule has 0 aromatic carbocycles. The largest absolute Gasteiger partial charge is 0.468 e. The normalized spacial score (nSPS) is 17.5. The van der Waals surface area contributed by atoms with E-state index in [4.69, 9.17) is 9.47 Å². The van der Waals surface area contributed by atoms with Gasteiger partial charge in [0.25, 0.3) is 0 Å². The number of nitrogens with one attached hydrogen (secondary N) is 1. The van der Waals surface area contributed by atoms with Gasteiger partial charge in [0.2, 0.25) is 0 Å². The minimum atomic E-state index is -0.318. The summed E-state index contributed by atoms with van der Waals surface area (Å²) >= 11 is 0. The van der Waals surface area contributed by atoms with Crippen LogP contribution in [0.15, 0.2) is 0 Å². The highest BCUT2D eigenvalue weighted by molar-refractivity contribution is 5.75. The van der Waals surface area contributed by atoms with Gasteiger partial charge in [-0.1, -0.05) is 26.2 Å². The Hall–Kier alpha value is -0.610. The highest BCUT2D eigenvalue weighted by atomic mass is 16.5. The highest BCUT2D eigenvalue weighted by Gasteiger charge is 2.20. The third-order valence-corrected chi connectivity index (χ3v) is 3.31. The van der Waals surface area contributed by atoms with Gasteiger partial charge in [0, 0.05) is 6.61 Å². The molecule has 1 fully saturated rings. The lowest BCUT2D eigenvalue weighted by atomic mass is 9.83. The summed E-state index contributed by atoms with van der Waals surface area (Å²) in [6.07, 6.45) is 6.18. The zero-order valence-electron chi connectivity index (χ0n) is 11.0. The molecule has 1 aliphatic rings. The molecule has 0 heterocycles. The van der Waals surface area contributed by atoms with Crippen LogP contribution < -0.4 is 5.32 Å². The Labute approximate surface area is 104 Å². The maximum atomic E-state index is 11.4. The van der Waals surface area contributed by atoms with E-state index in [1.54, 1.807) is 0 Å². The average molecular weight is 243 g/mol. The smallest absolute Gasteiger partial charge is 0.325 e. The lowest BCUT2D eigenvalue weighted by Gasteiger charge is -2.25. The Bertz CT molecular complexity index is 217. The molecule has 0 saturated heterocycles. The van der Waals surface area contributed by atoms with Crippen LogP contribution in [0.25, 0.3) is 0 Å². The van der Waals surface area contributed by atoms with Gasteiger partial charge in [0.15, 0.2) is 0 Å². The van der Waals surface area contributed by atoms with E-state index < -0.39 is 0 Å². The molecule has 1 unspecified atom stereocenters. The molecular formula is C13H25NO3. The van der Waals surface area contributed by atoms with E-state index in [-0.39, 0.29) is 12.0 Å². The van der Waals surface area contributed by atoms with Crippen LogP contribution in [-0.2, 0) is 14.3 Å². The van der Waals surface area contributed by atoms with E-state index in [0.29, 0.717) is 6.61 Å². The van der Waals surface area contributed by atoms with Crippen LogP contribution in [-0.4, -0.2) is 38.9 Å². The number of carbonyl (C=O) groups excluding carboxylic acids is 1. The molecule has 1 saturated carbocycles. The van der Waals surface area contributed by atoms with E-state index in [1.165, 1.54) is 26.4 Å². The van der Waals surface area contributed by atoms with Crippen LogP contribution in [0, 0.1) is 5.92 Å². The van der Waals surface area contributed by atoms with Crippen molar-refractivity contribution in [1.29, 1.82) is 0 Å². The lowest BCUT2D eigenvalue weighted by Crippen LogP contribution is -2.41. The summed E-state index contributed by atoms with van der Waals surface area (Å²) in [6, 6.07) is -0.318. The first kappa shape index (κ1) is 14.5. The van der Waals surface area contributed by atoms with Gasteiger partial charge in [-0.3, -0.25) is 4.79 Å². The van der Waals surface area contributed by atoms with Crippen molar-refractivity contribution in [2.45, 2.75) is 45.1 Å². The molecule has 0 aromatic rings. The van der Waals surface area contributed by atoms with Crippen LogP contribution >= 0.6 is 0 Å². The van der Waals surface area contributed by atoms with Gasteiger partial charge in [-0.15, -0.1) is 0 Å². The zero-order chi connectivity index (χ0) is 12.5. The van der Waals surface area contributed by atoms with Crippen molar-refractivity contribution >= 4 is 5.97 Å². The van der Waals surface area contributed by atoms with Gasteiger partial charge in [0.05, 0.1) is 13.7 Å². The van der Waals surface area contributed by atoms with Crippen LogP contribution in [0.1, 0.15) is 39.0 Å². The van der Waals surface area contributed by atoms with Gasteiger partial charge in [-0.05, 0) is 25.3 Å². The Balaban J connectivity index is 2.10. The molecule has 100 valence electrons. The van der Waals surface area contributed by atoms with Crippen molar-refractivity contribution in [1.82, 2.24) is 5.32 Å². The van der Waals surface area contributed by atoms with E-state index in [1.807, 2.05) is 0 Å². The number of carbonyl (C=O) groups is 1. The summed E-state index contributed by atoms with van der Waals surface area (Å²) in [7, 11) is 1.41. The van der Waals surface area contributed by atoms with Crippen molar-refractivity contribution in [2.24, 2.45) is 5.92 Å². The molecule has 1 rings (SSSR count). The Morgan fingerprint density at radius 1 is 1.47 bits per heavy atom. The number of ether oxygens (including phenoxy) is 2. The molecular weight excluding hydrogens is 218 g/mol. The average Bonchev–Trinajstić information content (AvgIpc) is 2.29. The second-order valence-corrected chi connectivity index (χ2v) is 4.69. The van der Waals surface area contributed by atoms with Crippen molar-refractivity contribution < 1.29 is 14.3 Å². The number of hydrogen-bond donors (Lipinski definition) is 1. The SMILES string of the molecule is CCCNC(COCCC1CCC1)C(=O)OC. The predicted molar refractivity (Wildman–Crippen MR) is 66.9 cm³/mol. The topological polar surface area (TPSA) is 47.6 Å². The van der Waals surface area contributed by atoms with Gasteiger partial charge in [-0.2, -0.15) is 0 Å². The number of methoxy groups -OCH3 is 1. The molecule has 0 amide bonds. The molecule has 1 aliphatic carbocycles. The summed E-state index contributed by atoms with van der Waals surface area (Å²) < 4.78 is 10.3. The molecule has 4 nitrogen and oxygen atoms in total. The molecule has 0 spiro atoms. The quantitative estimate of drug-likeness (QED) is 0.495. The van der Waals surface area contributed by atoms with Crippen molar-refractivity contribution in [3.8, 4) is 0 Å². The second-order valence-electron chi connectivity index (χ2n) is 4.69. The van der Waals surface area contributed by atoms with Crippen molar-refractivity contribution in [2.75, 3.05) is 26.9 Å². The monoisotopic (exact) mass is 243 g/mol. The molecule has 0 aromatic heterocycles. The third-order valence-electron chi connectivity index (χ3n) is 3.31. The molecule has 17 heavy (non-hydrogen) atoms. The van der Waals surface area contributed by atoms with E-state index in [2.05, 4.69) is 12.2 Å². The molecule has 0 aliphatic heterocycles. The van der Waals surface area contributed by atoms with E-state index in [0.717, 1.165) is 31.9 Å². The molecule has 4 heteroatoms. The van der Waals surface area contributed by atoms with Gasteiger partial charge in [0.1, 0.15) is 6.04 Å². The standard InChI is InChI=1S/C13H25NO3/c1-3-8-14-12(13(15)16-2)10-17-9-7-11-5-4-6-11/h11-12,14H,3-10H2,1-2H3. The minimum absolute atomic E-state index is 0.234. The van der Waals surface area contributed by atoms with Crippen LogP contribution in [0.5, 0.6) is 0 Å². The van der Waals surface area contributed by atoms with Crippen LogP contribution in [0.2, 0.25) is 0 Å². The predicted octanol–water partition coefficient (Wildman–Crippen LogP) is 1.73. The first-order valence-electron chi connectivity index (χ1n) is 6.66. The van der Waals surface area contributed by atoms with Crippen molar-refractivity contribution in [3.63, 3.8) is 0 Å². The number of hydrogen-bond acceptors (Lipinski definition) is 4. The minimum Gasteiger partial charge on any atom is -0.468 e. The first-order chi connectivity index (χ1) is 8.27. The summed E-state index contributed by atoms with van der Waals surface area (Å²) in [6.45, 7) is 4.05. The van der Waals surface area contributed by atoms with Crippen molar-refractivity contribution in [3.05, 3.63) is 0 Å². The molecule has 1 N–H and O–H groups in total. The van der Waals surface area contributed by atoms with Gasteiger partial charge < -0.3 is 14.8 Å². The highest BCUT2D eigenvalue weighted by Crippen LogP contribution is 2.29. The van der Waals surface area contributed by atoms with E-state index in [9.17, 15) is 4.79 Å². The lowest BCUT2D eigenvalue weighted by molar-refractivity contribution is -0.144. The Morgan fingerprint density at radius 3 is 2.76 bits per heavy atom. The fourth-order valence-electron chi connectivity index (χ4n) is 1.90. The van der Waals surface area contributed by atoms with Gasteiger partial charge >= 0.3 is 5.97 Å². The summed E-state index contributed by atoms with van der Waals surface area (Å²) in [5.41, 5.74) is 0. The maximum Gasteiger partial charge on any atom is 0.325 e.